The van der Waals surface area contributed by atoms with E-state index in [4.69, 9.17) is 4.74 Å². The Bertz CT molecular complexity index is 727. The van der Waals surface area contributed by atoms with Crippen molar-refractivity contribution >= 4 is 21.7 Å². The Morgan fingerprint density at radius 3 is 2.73 bits per heavy atom. The van der Waals surface area contributed by atoms with Crippen molar-refractivity contribution < 1.29 is 22.7 Å². The number of sulfone groups is 1. The van der Waals surface area contributed by atoms with Crippen molar-refractivity contribution in [3.05, 3.63) is 35.4 Å². The van der Waals surface area contributed by atoms with Crippen LogP contribution >= 0.6 is 0 Å². The van der Waals surface area contributed by atoms with E-state index in [2.05, 4.69) is 0 Å². The number of nitrogens with zero attached hydrogens (tertiary/aromatic N) is 1. The van der Waals surface area contributed by atoms with Gasteiger partial charge in [-0.25, -0.2) is 13.2 Å². The Labute approximate surface area is 129 Å². The van der Waals surface area contributed by atoms with Crippen molar-refractivity contribution in [1.82, 2.24) is 4.90 Å². The molecule has 2 heterocycles. The zero-order chi connectivity index (χ0) is 15.9. The summed E-state index contributed by atoms with van der Waals surface area (Å²) in [6.45, 7) is 0. The third-order valence-corrected chi connectivity index (χ3v) is 6.02. The number of ether oxygens (including phenoxy) is 1. The number of amides is 1. The van der Waals surface area contributed by atoms with E-state index in [9.17, 15) is 18.0 Å². The van der Waals surface area contributed by atoms with E-state index in [0.29, 0.717) is 18.4 Å². The minimum absolute atomic E-state index is 0.0213. The molecule has 7 heteroatoms. The van der Waals surface area contributed by atoms with Crippen molar-refractivity contribution in [1.29, 1.82) is 0 Å². The van der Waals surface area contributed by atoms with Crippen LogP contribution in [0.15, 0.2) is 24.3 Å². The Kier molecular flexibility index (Phi) is 3.68. The van der Waals surface area contributed by atoms with Gasteiger partial charge in [0.25, 0.3) is 5.91 Å². The third kappa shape index (κ3) is 2.72. The minimum Gasteiger partial charge on any atom is -0.448 e. The highest BCUT2D eigenvalue weighted by Crippen LogP contribution is 2.23. The number of carbonyl (C=O) groups excluding carboxylic acids is 2. The highest BCUT2D eigenvalue weighted by atomic mass is 32.2. The summed E-state index contributed by atoms with van der Waals surface area (Å²) in [6.07, 6.45) is -0.123. The standard InChI is InChI=1S/C15H17NO5S/c1-16(11-6-7-22(19,20)9-11)14(17)13-8-10-4-2-3-5-12(10)15(18)21-13/h2-5,11,13H,6-9H2,1H3. The summed E-state index contributed by atoms with van der Waals surface area (Å²) in [5, 5.41) is 0. The van der Waals surface area contributed by atoms with Gasteiger partial charge < -0.3 is 9.64 Å². The number of cyclic esters (lactones) is 1. The predicted molar refractivity (Wildman–Crippen MR) is 79.2 cm³/mol. The van der Waals surface area contributed by atoms with E-state index >= 15 is 0 Å². The van der Waals surface area contributed by atoms with Gasteiger partial charge >= 0.3 is 5.97 Å². The molecule has 1 aromatic carbocycles. The van der Waals surface area contributed by atoms with Crippen LogP contribution < -0.4 is 0 Å². The number of fused-ring (bicyclic) bond motifs is 1. The van der Waals surface area contributed by atoms with Gasteiger partial charge in [0.05, 0.1) is 17.1 Å². The molecule has 2 atom stereocenters. The lowest BCUT2D eigenvalue weighted by Crippen LogP contribution is -2.47. The second kappa shape index (κ2) is 5.39. The summed E-state index contributed by atoms with van der Waals surface area (Å²) in [5.74, 6) is -0.771. The van der Waals surface area contributed by atoms with Crippen molar-refractivity contribution in [2.45, 2.75) is 25.0 Å². The first-order chi connectivity index (χ1) is 10.4. The molecule has 0 spiro atoms. The fourth-order valence-corrected chi connectivity index (χ4v) is 4.73. The molecule has 0 radical (unpaired) electrons. The molecule has 2 aliphatic rings. The molecule has 0 N–H and O–H groups in total. The minimum atomic E-state index is -3.07. The van der Waals surface area contributed by atoms with Crippen LogP contribution in [0.25, 0.3) is 0 Å². The average molecular weight is 323 g/mol. The van der Waals surface area contributed by atoms with Crippen LogP contribution in [0.1, 0.15) is 22.3 Å². The molecule has 6 nitrogen and oxygen atoms in total. The number of hydrogen-bond donors (Lipinski definition) is 0. The number of hydrogen-bond acceptors (Lipinski definition) is 5. The predicted octanol–water partition coefficient (Wildman–Crippen LogP) is 0.414. The van der Waals surface area contributed by atoms with E-state index in [1.165, 1.54) is 4.90 Å². The summed E-state index contributed by atoms with van der Waals surface area (Å²) in [6, 6.07) is 6.69. The van der Waals surface area contributed by atoms with Gasteiger partial charge in [0, 0.05) is 19.5 Å². The smallest absolute Gasteiger partial charge is 0.339 e. The monoisotopic (exact) mass is 323 g/mol. The van der Waals surface area contributed by atoms with Crippen LogP contribution in [0.4, 0.5) is 0 Å². The molecule has 0 saturated carbocycles. The van der Waals surface area contributed by atoms with E-state index < -0.39 is 21.9 Å². The van der Waals surface area contributed by atoms with E-state index in [0.717, 1.165) is 5.56 Å². The number of rotatable bonds is 2. The molecular weight excluding hydrogens is 306 g/mol. The molecule has 22 heavy (non-hydrogen) atoms. The number of benzene rings is 1. The maximum absolute atomic E-state index is 12.5. The molecule has 1 saturated heterocycles. The molecule has 1 amide bonds. The lowest BCUT2D eigenvalue weighted by atomic mass is 9.98. The van der Waals surface area contributed by atoms with Crippen molar-refractivity contribution in [3.63, 3.8) is 0 Å². The van der Waals surface area contributed by atoms with Gasteiger partial charge in [0.1, 0.15) is 0 Å². The molecule has 118 valence electrons. The van der Waals surface area contributed by atoms with Crippen LogP contribution in [0.3, 0.4) is 0 Å². The first-order valence-corrected chi connectivity index (χ1v) is 8.95. The Hall–Kier alpha value is -1.89. The number of esters is 1. The SMILES string of the molecule is CN(C(=O)C1Cc2ccccc2C(=O)O1)C1CCS(=O)(=O)C1. The molecule has 1 fully saturated rings. The van der Waals surface area contributed by atoms with E-state index in [-0.39, 0.29) is 23.5 Å². The first kappa shape index (κ1) is 15.0. The Morgan fingerprint density at radius 1 is 1.32 bits per heavy atom. The lowest BCUT2D eigenvalue weighted by molar-refractivity contribution is -0.141. The summed E-state index contributed by atoms with van der Waals surface area (Å²) in [5.41, 5.74) is 1.27. The largest absolute Gasteiger partial charge is 0.448 e. The van der Waals surface area contributed by atoms with Gasteiger partial charge in [-0.15, -0.1) is 0 Å². The van der Waals surface area contributed by atoms with Crippen molar-refractivity contribution in [3.8, 4) is 0 Å². The van der Waals surface area contributed by atoms with Gasteiger partial charge in [-0.05, 0) is 18.1 Å². The summed E-state index contributed by atoms with van der Waals surface area (Å²) < 4.78 is 28.3. The van der Waals surface area contributed by atoms with Crippen LogP contribution in [-0.2, 0) is 25.8 Å². The molecule has 0 aliphatic carbocycles. The number of likely N-dealkylation sites (N-methyl/N-ethyl adjacent to an activating group) is 1. The summed E-state index contributed by atoms with van der Waals surface area (Å²) in [7, 11) is -1.49. The Balaban J connectivity index is 1.75. The first-order valence-electron chi connectivity index (χ1n) is 7.13. The molecular formula is C15H17NO5S. The van der Waals surface area contributed by atoms with Gasteiger partial charge in [-0.1, -0.05) is 18.2 Å². The van der Waals surface area contributed by atoms with Crippen molar-refractivity contribution in [2.24, 2.45) is 0 Å². The lowest BCUT2D eigenvalue weighted by Gasteiger charge is -2.30. The third-order valence-electron chi connectivity index (χ3n) is 4.27. The van der Waals surface area contributed by atoms with E-state index in [1.807, 2.05) is 6.07 Å². The van der Waals surface area contributed by atoms with Gasteiger partial charge in [0.2, 0.25) is 0 Å². The highest BCUT2D eigenvalue weighted by Gasteiger charge is 2.38. The fourth-order valence-electron chi connectivity index (χ4n) is 2.96. The van der Waals surface area contributed by atoms with Crippen LogP contribution in [-0.4, -0.2) is 55.9 Å². The zero-order valence-corrected chi connectivity index (χ0v) is 13.0. The normalized spacial score (nSPS) is 26.1. The van der Waals surface area contributed by atoms with Crippen LogP contribution in [0, 0.1) is 0 Å². The van der Waals surface area contributed by atoms with Gasteiger partial charge in [-0.2, -0.15) is 0 Å². The fraction of sp³-hybridized carbons (Fsp3) is 0.467. The van der Waals surface area contributed by atoms with Gasteiger partial charge in [-0.3, -0.25) is 4.79 Å². The topological polar surface area (TPSA) is 80.8 Å². The van der Waals surface area contributed by atoms with Crippen LogP contribution in [0.2, 0.25) is 0 Å². The van der Waals surface area contributed by atoms with Crippen molar-refractivity contribution in [2.75, 3.05) is 18.6 Å². The van der Waals surface area contributed by atoms with E-state index in [1.54, 1.807) is 25.2 Å². The maximum Gasteiger partial charge on any atom is 0.339 e. The molecule has 0 aromatic heterocycles. The Morgan fingerprint density at radius 2 is 2.05 bits per heavy atom. The summed E-state index contributed by atoms with van der Waals surface area (Å²) >= 11 is 0. The molecule has 2 unspecified atom stereocenters. The summed E-state index contributed by atoms with van der Waals surface area (Å²) in [4.78, 5) is 25.9. The van der Waals surface area contributed by atoms with Crippen LogP contribution in [0.5, 0.6) is 0 Å². The molecule has 1 aromatic rings. The number of carbonyl (C=O) groups is 2. The molecule has 2 aliphatic heterocycles. The second-order valence-corrected chi connectivity index (χ2v) is 7.99. The zero-order valence-electron chi connectivity index (χ0n) is 12.2. The molecule has 3 rings (SSSR count). The molecule has 0 bridgehead atoms. The second-order valence-electron chi connectivity index (χ2n) is 5.76. The van der Waals surface area contributed by atoms with Gasteiger partial charge in [0.15, 0.2) is 15.9 Å². The average Bonchev–Trinajstić information content (AvgIpc) is 2.86. The highest BCUT2D eigenvalue weighted by molar-refractivity contribution is 7.91. The maximum atomic E-state index is 12.5. The quantitative estimate of drug-likeness (QED) is 0.737.